The van der Waals surface area contributed by atoms with Gasteiger partial charge in [-0.25, -0.2) is 0 Å². The van der Waals surface area contributed by atoms with E-state index in [9.17, 15) is 4.79 Å². The molecule has 0 fully saturated rings. The molecule has 1 atom stereocenters. The molecule has 1 unspecified atom stereocenters. The van der Waals surface area contributed by atoms with Gasteiger partial charge in [0.2, 0.25) is 0 Å². The number of hydrogen-bond donors (Lipinski definition) is 0. The number of benzene rings is 3. The number of esters is 1. The van der Waals surface area contributed by atoms with Crippen LogP contribution in [0.25, 0.3) is 11.3 Å². The first-order valence-electron chi connectivity index (χ1n) is 8.96. The Balaban J connectivity index is 1.91. The molecule has 1 aliphatic rings. The van der Waals surface area contributed by atoms with Crippen LogP contribution in [0.1, 0.15) is 29.0 Å². The molecule has 0 saturated heterocycles. The summed E-state index contributed by atoms with van der Waals surface area (Å²) in [4.78, 5) is 12.4. The van der Waals surface area contributed by atoms with E-state index in [0.29, 0.717) is 12.2 Å². The van der Waals surface area contributed by atoms with Crippen molar-refractivity contribution in [2.45, 2.75) is 12.3 Å². The van der Waals surface area contributed by atoms with E-state index in [1.165, 1.54) is 0 Å². The molecule has 3 aromatic carbocycles. The normalized spacial score (nSPS) is 16.8. The number of hydrogen-bond acceptors (Lipinski definition) is 3. The van der Waals surface area contributed by atoms with Crippen molar-refractivity contribution in [3.63, 3.8) is 0 Å². The molecule has 3 aromatic rings. The van der Waals surface area contributed by atoms with Gasteiger partial charge in [-0.15, -0.1) is 0 Å². The van der Waals surface area contributed by atoms with Crippen molar-refractivity contribution in [1.29, 1.82) is 0 Å². The van der Waals surface area contributed by atoms with Crippen LogP contribution >= 0.6 is 0 Å². The van der Waals surface area contributed by atoms with Gasteiger partial charge in [-0.3, -0.25) is 4.79 Å². The molecule has 3 heteroatoms. The number of allylic oxidation sites excluding steroid dienone is 1. The second kappa shape index (κ2) is 7.50. The second-order valence-corrected chi connectivity index (χ2v) is 6.48. The Morgan fingerprint density at radius 3 is 2.00 bits per heavy atom. The fourth-order valence-corrected chi connectivity index (χ4v) is 3.51. The third-order valence-electron chi connectivity index (χ3n) is 4.82. The lowest BCUT2D eigenvalue weighted by Gasteiger charge is -2.28. The summed E-state index contributed by atoms with van der Waals surface area (Å²) >= 11 is 0. The summed E-state index contributed by atoms with van der Waals surface area (Å²) in [5, 5.41) is 0. The van der Waals surface area contributed by atoms with E-state index in [1.54, 1.807) is 7.11 Å². The van der Waals surface area contributed by atoms with Crippen LogP contribution in [-0.2, 0) is 9.53 Å². The molecule has 0 amide bonds. The van der Waals surface area contributed by atoms with E-state index in [1.807, 2.05) is 72.8 Å². The number of carbonyl (C=O) groups is 1. The van der Waals surface area contributed by atoms with E-state index in [0.717, 1.165) is 28.0 Å². The van der Waals surface area contributed by atoms with Gasteiger partial charge in [-0.1, -0.05) is 72.8 Å². The average Bonchev–Trinajstić information content (AvgIpc) is 2.74. The highest BCUT2D eigenvalue weighted by Crippen LogP contribution is 2.44. The summed E-state index contributed by atoms with van der Waals surface area (Å²) in [6.45, 7) is 0. The number of carbonyl (C=O) groups excluding carboxylic acids is 1. The van der Waals surface area contributed by atoms with Crippen molar-refractivity contribution in [1.82, 2.24) is 0 Å². The highest BCUT2D eigenvalue weighted by atomic mass is 16.5. The van der Waals surface area contributed by atoms with Gasteiger partial charge in [0.05, 0.1) is 13.5 Å². The van der Waals surface area contributed by atoms with Gasteiger partial charge in [0.15, 0.2) is 0 Å². The number of ether oxygens (including phenoxy) is 2. The minimum Gasteiger partial charge on any atom is -0.497 e. The Labute approximate surface area is 158 Å². The second-order valence-electron chi connectivity index (χ2n) is 6.48. The predicted molar refractivity (Wildman–Crippen MR) is 106 cm³/mol. The molecule has 1 heterocycles. The number of rotatable bonds is 4. The fourth-order valence-electron chi connectivity index (χ4n) is 3.51. The van der Waals surface area contributed by atoms with E-state index in [4.69, 9.17) is 9.47 Å². The Morgan fingerprint density at radius 1 is 0.815 bits per heavy atom. The Morgan fingerprint density at radius 2 is 1.41 bits per heavy atom. The summed E-state index contributed by atoms with van der Waals surface area (Å²) < 4.78 is 11.0. The fraction of sp³-hybridized carbons (Fsp3) is 0.125. The van der Waals surface area contributed by atoms with E-state index in [2.05, 4.69) is 12.1 Å². The van der Waals surface area contributed by atoms with Gasteiger partial charge < -0.3 is 9.47 Å². The Kier molecular flexibility index (Phi) is 4.75. The van der Waals surface area contributed by atoms with Crippen molar-refractivity contribution in [3.8, 4) is 5.75 Å². The lowest BCUT2D eigenvalue weighted by molar-refractivity contribution is -0.137. The van der Waals surface area contributed by atoms with Crippen molar-refractivity contribution < 1.29 is 14.3 Å². The van der Waals surface area contributed by atoms with Crippen LogP contribution in [0.4, 0.5) is 0 Å². The highest BCUT2D eigenvalue weighted by molar-refractivity contribution is 5.99. The monoisotopic (exact) mass is 356 g/mol. The molecule has 27 heavy (non-hydrogen) atoms. The maximum absolute atomic E-state index is 12.4. The third kappa shape index (κ3) is 3.49. The minimum atomic E-state index is -0.214. The summed E-state index contributed by atoms with van der Waals surface area (Å²) in [6.07, 6.45) is 0.312. The molecular weight excluding hydrogens is 336 g/mol. The van der Waals surface area contributed by atoms with Crippen molar-refractivity contribution >= 4 is 17.3 Å². The predicted octanol–water partition coefficient (Wildman–Crippen LogP) is 5.29. The smallest absolute Gasteiger partial charge is 0.312 e. The zero-order valence-electron chi connectivity index (χ0n) is 15.1. The zero-order chi connectivity index (χ0) is 18.6. The number of cyclic esters (lactones) is 1. The summed E-state index contributed by atoms with van der Waals surface area (Å²) in [7, 11) is 1.65. The summed E-state index contributed by atoms with van der Waals surface area (Å²) in [5.41, 5.74) is 4.07. The van der Waals surface area contributed by atoms with E-state index >= 15 is 0 Å². The SMILES string of the molecule is COc1ccc(C2CC(=O)OC(c3ccccc3)=C2c2ccccc2)cc1. The molecule has 3 nitrogen and oxygen atoms in total. The van der Waals surface area contributed by atoms with Gasteiger partial charge in [0.1, 0.15) is 11.5 Å². The molecule has 0 aliphatic carbocycles. The molecule has 4 rings (SSSR count). The number of methoxy groups -OCH3 is 1. The van der Waals surface area contributed by atoms with Crippen LogP contribution in [0.5, 0.6) is 5.75 Å². The van der Waals surface area contributed by atoms with Crippen LogP contribution < -0.4 is 4.74 Å². The zero-order valence-corrected chi connectivity index (χ0v) is 15.1. The molecule has 0 bridgehead atoms. The first-order chi connectivity index (χ1) is 13.3. The van der Waals surface area contributed by atoms with Crippen LogP contribution in [-0.4, -0.2) is 13.1 Å². The molecular formula is C24H20O3. The molecule has 1 aliphatic heterocycles. The van der Waals surface area contributed by atoms with Crippen LogP contribution in [0.3, 0.4) is 0 Å². The van der Waals surface area contributed by atoms with E-state index in [-0.39, 0.29) is 11.9 Å². The van der Waals surface area contributed by atoms with E-state index < -0.39 is 0 Å². The van der Waals surface area contributed by atoms with Crippen LogP contribution in [0.15, 0.2) is 84.9 Å². The molecule has 0 spiro atoms. The highest BCUT2D eigenvalue weighted by Gasteiger charge is 2.32. The minimum absolute atomic E-state index is 0.0743. The largest absolute Gasteiger partial charge is 0.497 e. The first-order valence-corrected chi connectivity index (χ1v) is 8.96. The maximum Gasteiger partial charge on any atom is 0.312 e. The van der Waals surface area contributed by atoms with Gasteiger partial charge in [0, 0.05) is 17.1 Å². The van der Waals surface area contributed by atoms with Gasteiger partial charge in [-0.05, 0) is 23.3 Å². The third-order valence-corrected chi connectivity index (χ3v) is 4.82. The lowest BCUT2D eigenvalue weighted by atomic mass is 9.81. The average molecular weight is 356 g/mol. The van der Waals surface area contributed by atoms with Gasteiger partial charge in [-0.2, -0.15) is 0 Å². The first kappa shape index (κ1) is 17.1. The van der Waals surface area contributed by atoms with Crippen LogP contribution in [0.2, 0.25) is 0 Å². The summed E-state index contributed by atoms with van der Waals surface area (Å²) in [5.74, 6) is 1.15. The topological polar surface area (TPSA) is 35.5 Å². The molecule has 134 valence electrons. The molecule has 0 aromatic heterocycles. The maximum atomic E-state index is 12.4. The molecule has 0 N–H and O–H groups in total. The lowest BCUT2D eigenvalue weighted by Crippen LogP contribution is -2.19. The van der Waals surface area contributed by atoms with Crippen LogP contribution in [0, 0.1) is 0 Å². The van der Waals surface area contributed by atoms with Crippen molar-refractivity contribution in [3.05, 3.63) is 102 Å². The van der Waals surface area contributed by atoms with Gasteiger partial charge in [0.25, 0.3) is 0 Å². The quantitative estimate of drug-likeness (QED) is 0.596. The molecule has 0 radical (unpaired) electrons. The Bertz CT molecular complexity index is 958. The Hall–Kier alpha value is -3.33. The standard InChI is InChI=1S/C24H20O3/c1-26-20-14-12-17(13-15-20)21-16-22(25)27-24(19-10-6-3-7-11-19)23(21)18-8-4-2-5-9-18/h2-15,21H,16H2,1H3. The van der Waals surface area contributed by atoms with Crippen molar-refractivity contribution in [2.24, 2.45) is 0 Å². The van der Waals surface area contributed by atoms with Crippen molar-refractivity contribution in [2.75, 3.05) is 7.11 Å². The summed E-state index contributed by atoms with van der Waals surface area (Å²) in [6, 6.07) is 27.8. The van der Waals surface area contributed by atoms with Gasteiger partial charge >= 0.3 is 5.97 Å². The molecule has 0 saturated carbocycles.